The van der Waals surface area contributed by atoms with Crippen molar-refractivity contribution in [1.29, 1.82) is 0 Å². The van der Waals surface area contributed by atoms with Gasteiger partial charge in [-0.3, -0.25) is 4.79 Å². The lowest BCUT2D eigenvalue weighted by Gasteiger charge is -2.17. The molecule has 0 bridgehead atoms. The van der Waals surface area contributed by atoms with Crippen LogP contribution in [-0.2, 0) is 9.53 Å². The molecule has 0 saturated carbocycles. The molecule has 0 aliphatic heterocycles. The van der Waals surface area contributed by atoms with Gasteiger partial charge in [-0.1, -0.05) is 37.3 Å². The van der Waals surface area contributed by atoms with Crippen molar-refractivity contribution in [3.63, 3.8) is 0 Å². The minimum atomic E-state index is -0.535. The quantitative estimate of drug-likeness (QED) is 0.537. The van der Waals surface area contributed by atoms with Crippen molar-refractivity contribution in [2.24, 2.45) is 5.92 Å². The lowest BCUT2D eigenvalue weighted by atomic mass is 9.95. The highest BCUT2D eigenvalue weighted by atomic mass is 16.5. The molecule has 2 atom stereocenters. The van der Waals surface area contributed by atoms with E-state index in [2.05, 4.69) is 0 Å². The molecule has 0 aliphatic rings. The van der Waals surface area contributed by atoms with E-state index in [9.17, 15) is 9.59 Å². The highest BCUT2D eigenvalue weighted by Gasteiger charge is 2.22. The third-order valence-electron chi connectivity index (χ3n) is 2.87. The summed E-state index contributed by atoms with van der Waals surface area (Å²) in [5.74, 6) is -0.180. The Kier molecular flexibility index (Phi) is 5.57. The fourth-order valence-electron chi connectivity index (χ4n) is 1.69. The fraction of sp³-hybridized carbons (Fsp3) is 0.429. The molecule has 0 saturated heterocycles. The van der Waals surface area contributed by atoms with Crippen molar-refractivity contribution in [3.8, 4) is 0 Å². The van der Waals surface area contributed by atoms with Crippen molar-refractivity contribution in [2.45, 2.75) is 25.9 Å². The third kappa shape index (κ3) is 3.79. The molecule has 17 heavy (non-hydrogen) atoms. The topological polar surface area (TPSA) is 43.4 Å². The summed E-state index contributed by atoms with van der Waals surface area (Å²) in [5.41, 5.74) is 0.625. The van der Waals surface area contributed by atoms with Gasteiger partial charge in [-0.05, 0) is 12.8 Å². The number of carbonyl (C=O) groups is 2. The highest BCUT2D eigenvalue weighted by molar-refractivity contribution is 5.99. The van der Waals surface area contributed by atoms with Crippen molar-refractivity contribution in [1.82, 2.24) is 0 Å². The summed E-state index contributed by atoms with van der Waals surface area (Å²) in [6.07, 6.45) is 1.53. The second-order valence-corrected chi connectivity index (χ2v) is 3.99. The van der Waals surface area contributed by atoms with E-state index in [0.717, 1.165) is 12.7 Å². The largest absolute Gasteiger partial charge is 0.373 e. The number of ether oxygens (including phenoxy) is 1. The summed E-state index contributed by atoms with van der Waals surface area (Å²) in [6, 6.07) is 9.01. The zero-order valence-electron chi connectivity index (χ0n) is 10.3. The zero-order valence-corrected chi connectivity index (χ0v) is 10.3. The van der Waals surface area contributed by atoms with E-state index in [4.69, 9.17) is 4.74 Å². The van der Waals surface area contributed by atoms with Crippen molar-refractivity contribution in [3.05, 3.63) is 35.9 Å². The number of carbonyl (C=O) groups excluding carboxylic acids is 2. The van der Waals surface area contributed by atoms with E-state index in [1.807, 2.05) is 25.1 Å². The maximum Gasteiger partial charge on any atom is 0.191 e. The van der Waals surface area contributed by atoms with Crippen LogP contribution in [0.4, 0.5) is 0 Å². The summed E-state index contributed by atoms with van der Waals surface area (Å²) in [7, 11) is 1.50. The van der Waals surface area contributed by atoms with Crippen LogP contribution in [0.2, 0.25) is 0 Å². The molecule has 1 aromatic carbocycles. The Morgan fingerprint density at radius 3 is 2.47 bits per heavy atom. The molecule has 2 unspecified atom stereocenters. The SMILES string of the molecule is CCC(C=O)CC(OC)C(=O)c1ccccc1. The number of methoxy groups -OCH3 is 1. The van der Waals surface area contributed by atoms with Crippen LogP contribution in [0.3, 0.4) is 0 Å². The van der Waals surface area contributed by atoms with Crippen molar-refractivity contribution >= 4 is 12.1 Å². The molecule has 3 nitrogen and oxygen atoms in total. The second kappa shape index (κ2) is 6.97. The summed E-state index contributed by atoms with van der Waals surface area (Å²) < 4.78 is 5.19. The van der Waals surface area contributed by atoms with Crippen LogP contribution < -0.4 is 0 Å². The Hall–Kier alpha value is -1.48. The molecule has 0 aliphatic carbocycles. The summed E-state index contributed by atoms with van der Waals surface area (Å²) in [4.78, 5) is 22.9. The van der Waals surface area contributed by atoms with Crippen LogP contribution in [0.5, 0.6) is 0 Å². The number of Topliss-reactive ketones (excluding diaryl/α,β-unsaturated/α-hetero) is 1. The smallest absolute Gasteiger partial charge is 0.191 e. The predicted molar refractivity (Wildman–Crippen MR) is 66.0 cm³/mol. The first-order valence-electron chi connectivity index (χ1n) is 5.80. The Bertz CT molecular complexity index is 359. The molecule has 0 fully saturated rings. The standard InChI is InChI=1S/C14H18O3/c1-3-11(10-15)9-13(17-2)14(16)12-7-5-4-6-8-12/h4-8,10-11,13H,3,9H2,1-2H3. The summed E-state index contributed by atoms with van der Waals surface area (Å²) in [5, 5.41) is 0. The fourth-order valence-corrected chi connectivity index (χ4v) is 1.69. The van der Waals surface area contributed by atoms with Crippen LogP contribution in [0, 0.1) is 5.92 Å². The monoisotopic (exact) mass is 234 g/mol. The van der Waals surface area contributed by atoms with Gasteiger partial charge < -0.3 is 9.53 Å². The highest BCUT2D eigenvalue weighted by Crippen LogP contribution is 2.15. The van der Waals surface area contributed by atoms with Gasteiger partial charge in [-0.2, -0.15) is 0 Å². The van der Waals surface area contributed by atoms with Gasteiger partial charge in [0.15, 0.2) is 5.78 Å². The molecule has 0 amide bonds. The van der Waals surface area contributed by atoms with E-state index in [1.165, 1.54) is 7.11 Å². The van der Waals surface area contributed by atoms with Crippen LogP contribution in [-0.4, -0.2) is 25.3 Å². The van der Waals surface area contributed by atoms with E-state index >= 15 is 0 Å². The van der Waals surface area contributed by atoms with Gasteiger partial charge in [-0.25, -0.2) is 0 Å². The lowest BCUT2D eigenvalue weighted by Crippen LogP contribution is -2.26. The van der Waals surface area contributed by atoms with Crippen LogP contribution in [0.15, 0.2) is 30.3 Å². The van der Waals surface area contributed by atoms with Gasteiger partial charge in [0.1, 0.15) is 12.4 Å². The minimum absolute atomic E-state index is 0.0617. The molecule has 0 radical (unpaired) electrons. The lowest BCUT2D eigenvalue weighted by molar-refractivity contribution is -0.112. The van der Waals surface area contributed by atoms with Crippen LogP contribution in [0.1, 0.15) is 30.1 Å². The molecule has 92 valence electrons. The van der Waals surface area contributed by atoms with E-state index < -0.39 is 6.10 Å². The first kappa shape index (κ1) is 13.6. The third-order valence-corrected chi connectivity index (χ3v) is 2.87. The van der Waals surface area contributed by atoms with Gasteiger partial charge in [0.25, 0.3) is 0 Å². The van der Waals surface area contributed by atoms with E-state index in [1.54, 1.807) is 12.1 Å². The molecule has 0 N–H and O–H groups in total. The van der Waals surface area contributed by atoms with E-state index in [0.29, 0.717) is 12.0 Å². The summed E-state index contributed by atoms with van der Waals surface area (Å²) in [6.45, 7) is 1.93. The van der Waals surface area contributed by atoms with Crippen molar-refractivity contribution < 1.29 is 14.3 Å². The van der Waals surface area contributed by atoms with Crippen molar-refractivity contribution in [2.75, 3.05) is 7.11 Å². The second-order valence-electron chi connectivity index (χ2n) is 3.99. The molecule has 1 aromatic rings. The molecule has 0 aromatic heterocycles. The Labute approximate surface area is 102 Å². The van der Waals surface area contributed by atoms with Gasteiger partial charge in [-0.15, -0.1) is 0 Å². The summed E-state index contributed by atoms with van der Waals surface area (Å²) >= 11 is 0. The molecule has 0 spiro atoms. The van der Waals surface area contributed by atoms with Gasteiger partial charge in [0, 0.05) is 18.6 Å². The first-order valence-corrected chi connectivity index (χ1v) is 5.80. The molecule has 1 rings (SSSR count). The molecule has 0 heterocycles. The number of benzene rings is 1. The Morgan fingerprint density at radius 2 is 2.00 bits per heavy atom. The average molecular weight is 234 g/mol. The normalized spacial score (nSPS) is 14.0. The minimum Gasteiger partial charge on any atom is -0.373 e. The van der Waals surface area contributed by atoms with E-state index in [-0.39, 0.29) is 11.7 Å². The molecular weight excluding hydrogens is 216 g/mol. The average Bonchev–Trinajstić information content (AvgIpc) is 2.40. The van der Waals surface area contributed by atoms with Gasteiger partial charge in [0.2, 0.25) is 0 Å². The predicted octanol–water partition coefficient (Wildman–Crippen LogP) is 2.50. The number of hydrogen-bond acceptors (Lipinski definition) is 3. The Balaban J connectivity index is 2.74. The first-order chi connectivity index (χ1) is 8.22. The van der Waals surface area contributed by atoms with Gasteiger partial charge >= 0.3 is 0 Å². The maximum atomic E-state index is 12.1. The molecule has 3 heteroatoms. The number of hydrogen-bond donors (Lipinski definition) is 0. The number of ketones is 1. The van der Waals surface area contributed by atoms with Gasteiger partial charge in [0.05, 0.1) is 0 Å². The molecular formula is C14H18O3. The van der Waals surface area contributed by atoms with Crippen LogP contribution in [0.25, 0.3) is 0 Å². The Morgan fingerprint density at radius 1 is 1.35 bits per heavy atom. The maximum absolute atomic E-state index is 12.1. The van der Waals surface area contributed by atoms with Crippen LogP contribution >= 0.6 is 0 Å². The number of rotatable bonds is 7. The number of aldehydes is 1. The zero-order chi connectivity index (χ0) is 12.7.